The minimum absolute atomic E-state index is 0.128. The van der Waals surface area contributed by atoms with Gasteiger partial charge in [0.25, 0.3) is 5.91 Å². The average Bonchev–Trinajstić information content (AvgIpc) is 3.28. The minimum atomic E-state index is 0.128. The minimum Gasteiger partial charge on any atom is -0.331 e. The summed E-state index contributed by atoms with van der Waals surface area (Å²) in [4.78, 5) is 20.8. The highest BCUT2D eigenvalue weighted by Gasteiger charge is 2.29. The topological polar surface area (TPSA) is 59.2 Å². The van der Waals surface area contributed by atoms with Gasteiger partial charge in [-0.1, -0.05) is 48.5 Å². The number of hydrogen-bond donors (Lipinski definition) is 1. The van der Waals surface area contributed by atoms with E-state index >= 15 is 0 Å². The number of aromatic nitrogens is 1. The molecule has 2 aromatic carbocycles. The lowest BCUT2D eigenvalue weighted by Gasteiger charge is -2.36. The van der Waals surface area contributed by atoms with Crippen LogP contribution in [0.5, 0.6) is 0 Å². The summed E-state index contributed by atoms with van der Waals surface area (Å²) in [5, 5.41) is 1.13. The van der Waals surface area contributed by atoms with Crippen LogP contribution in [0.25, 0.3) is 21.2 Å². The molecule has 0 bridgehead atoms. The van der Waals surface area contributed by atoms with Crippen molar-refractivity contribution in [3.63, 3.8) is 0 Å². The standard InChI is InChI=1S/C27H27N3OS/c28-23-11-13-24(14-12-23)30(27(31)26-16-21-4-1-2-6-25(21)32-26)18-19-7-9-20(10-8-19)22-5-3-15-29-17-22/h1-10,15-17,23-24H,11-14,18,28H2. The summed E-state index contributed by atoms with van der Waals surface area (Å²) in [6.45, 7) is 0.611. The third-order valence-corrected chi connectivity index (χ3v) is 7.49. The summed E-state index contributed by atoms with van der Waals surface area (Å²) in [6, 6.07) is 23.2. The fourth-order valence-corrected chi connectivity index (χ4v) is 5.56. The molecular formula is C27H27N3OS. The maximum atomic E-state index is 13.7. The highest BCUT2D eigenvalue weighted by molar-refractivity contribution is 7.20. The van der Waals surface area contributed by atoms with Crippen LogP contribution in [0.3, 0.4) is 0 Å². The van der Waals surface area contributed by atoms with Gasteiger partial charge in [-0.2, -0.15) is 0 Å². The second-order valence-corrected chi connectivity index (χ2v) is 9.67. The molecule has 4 aromatic rings. The number of carbonyl (C=O) groups is 1. The van der Waals surface area contributed by atoms with Gasteiger partial charge in [0.2, 0.25) is 0 Å². The average molecular weight is 442 g/mol. The second kappa shape index (κ2) is 9.23. The van der Waals surface area contributed by atoms with E-state index in [1.807, 2.05) is 30.5 Å². The van der Waals surface area contributed by atoms with Crippen LogP contribution in [0, 0.1) is 0 Å². The predicted molar refractivity (Wildman–Crippen MR) is 132 cm³/mol. The van der Waals surface area contributed by atoms with Crippen molar-refractivity contribution in [3.05, 3.63) is 89.6 Å². The molecule has 1 fully saturated rings. The maximum Gasteiger partial charge on any atom is 0.264 e. The quantitative estimate of drug-likeness (QED) is 0.421. The Kier molecular flexibility index (Phi) is 6.02. The first kappa shape index (κ1) is 20.9. The van der Waals surface area contributed by atoms with E-state index in [1.54, 1.807) is 17.5 Å². The Bertz CT molecular complexity index is 1160. The molecule has 0 radical (unpaired) electrons. The predicted octanol–water partition coefficient (Wildman–Crippen LogP) is 5.88. The largest absolute Gasteiger partial charge is 0.331 e. The van der Waals surface area contributed by atoms with Gasteiger partial charge in [0.1, 0.15) is 0 Å². The molecule has 0 spiro atoms. The summed E-state index contributed by atoms with van der Waals surface area (Å²) in [5.41, 5.74) is 9.52. The van der Waals surface area contributed by atoms with E-state index in [0.717, 1.165) is 57.3 Å². The molecular weight excluding hydrogens is 414 g/mol. The first-order chi connectivity index (χ1) is 15.7. The first-order valence-corrected chi connectivity index (χ1v) is 12.0. The smallest absolute Gasteiger partial charge is 0.264 e. The summed E-state index contributed by atoms with van der Waals surface area (Å²) < 4.78 is 1.15. The van der Waals surface area contributed by atoms with Crippen LogP contribution < -0.4 is 5.73 Å². The molecule has 162 valence electrons. The fourth-order valence-electron chi connectivity index (χ4n) is 4.54. The maximum absolute atomic E-state index is 13.7. The van der Waals surface area contributed by atoms with E-state index in [2.05, 4.69) is 52.3 Å². The number of pyridine rings is 1. The summed E-state index contributed by atoms with van der Waals surface area (Å²) >= 11 is 1.59. The molecule has 1 aliphatic carbocycles. The Morgan fingerprint density at radius 3 is 2.47 bits per heavy atom. The van der Waals surface area contributed by atoms with E-state index in [1.165, 1.54) is 0 Å². The Hall–Kier alpha value is -3.02. The summed E-state index contributed by atoms with van der Waals surface area (Å²) in [5.74, 6) is 0.128. The van der Waals surface area contributed by atoms with Gasteiger partial charge < -0.3 is 10.6 Å². The van der Waals surface area contributed by atoms with Gasteiger partial charge in [-0.3, -0.25) is 9.78 Å². The SMILES string of the molecule is NC1CCC(N(Cc2ccc(-c3cccnc3)cc2)C(=O)c2cc3ccccc3s2)CC1. The molecule has 4 nitrogen and oxygen atoms in total. The Labute approximate surface area is 192 Å². The first-order valence-electron chi connectivity index (χ1n) is 11.2. The molecule has 5 rings (SSSR count). The molecule has 2 aromatic heterocycles. The zero-order chi connectivity index (χ0) is 21.9. The number of fused-ring (bicyclic) bond motifs is 1. The fraction of sp³-hybridized carbons (Fsp3) is 0.259. The van der Waals surface area contributed by atoms with Crippen molar-refractivity contribution >= 4 is 27.3 Å². The van der Waals surface area contributed by atoms with Crippen LogP contribution in [0.1, 0.15) is 40.9 Å². The van der Waals surface area contributed by atoms with E-state index in [-0.39, 0.29) is 18.0 Å². The lowest BCUT2D eigenvalue weighted by atomic mass is 9.90. The lowest BCUT2D eigenvalue weighted by molar-refractivity contribution is 0.0611. The summed E-state index contributed by atoms with van der Waals surface area (Å²) in [6.07, 6.45) is 7.53. The van der Waals surface area contributed by atoms with Crippen LogP contribution in [0.15, 0.2) is 79.1 Å². The van der Waals surface area contributed by atoms with E-state index in [0.29, 0.717) is 6.54 Å². The van der Waals surface area contributed by atoms with E-state index in [4.69, 9.17) is 5.73 Å². The monoisotopic (exact) mass is 441 g/mol. The van der Waals surface area contributed by atoms with Gasteiger partial charge in [0, 0.05) is 35.7 Å². The van der Waals surface area contributed by atoms with Crippen molar-refractivity contribution in [1.29, 1.82) is 0 Å². The van der Waals surface area contributed by atoms with Crippen molar-refractivity contribution < 1.29 is 4.79 Å². The zero-order valence-corrected chi connectivity index (χ0v) is 18.8. The number of nitrogens with zero attached hydrogens (tertiary/aromatic N) is 2. The zero-order valence-electron chi connectivity index (χ0n) is 18.0. The number of carbonyl (C=O) groups excluding carboxylic acids is 1. The van der Waals surface area contributed by atoms with Crippen LogP contribution in [0.4, 0.5) is 0 Å². The van der Waals surface area contributed by atoms with Crippen molar-refractivity contribution in [2.75, 3.05) is 0 Å². The van der Waals surface area contributed by atoms with Crippen molar-refractivity contribution in [3.8, 4) is 11.1 Å². The van der Waals surface area contributed by atoms with Gasteiger partial charge in [-0.25, -0.2) is 0 Å². The van der Waals surface area contributed by atoms with E-state index in [9.17, 15) is 4.79 Å². The summed E-state index contributed by atoms with van der Waals surface area (Å²) in [7, 11) is 0. The van der Waals surface area contributed by atoms with Crippen molar-refractivity contribution in [2.45, 2.75) is 44.3 Å². The van der Waals surface area contributed by atoms with Crippen molar-refractivity contribution in [1.82, 2.24) is 9.88 Å². The molecule has 2 heterocycles. The van der Waals surface area contributed by atoms with Crippen LogP contribution >= 0.6 is 11.3 Å². The highest BCUT2D eigenvalue weighted by atomic mass is 32.1. The number of rotatable bonds is 5. The third-order valence-electron chi connectivity index (χ3n) is 6.38. The molecule has 32 heavy (non-hydrogen) atoms. The number of hydrogen-bond acceptors (Lipinski definition) is 4. The van der Waals surface area contributed by atoms with Gasteiger partial charge in [0.15, 0.2) is 0 Å². The second-order valence-electron chi connectivity index (χ2n) is 8.59. The molecule has 1 saturated carbocycles. The molecule has 0 aliphatic heterocycles. The molecule has 2 N–H and O–H groups in total. The number of nitrogens with two attached hydrogens (primary N) is 1. The van der Waals surface area contributed by atoms with Crippen LogP contribution in [0.2, 0.25) is 0 Å². The Morgan fingerprint density at radius 1 is 0.969 bits per heavy atom. The Balaban J connectivity index is 1.41. The van der Waals surface area contributed by atoms with Gasteiger partial charge in [-0.05, 0) is 66.0 Å². The highest BCUT2D eigenvalue weighted by Crippen LogP contribution is 2.30. The molecule has 5 heteroatoms. The third kappa shape index (κ3) is 4.45. The van der Waals surface area contributed by atoms with Gasteiger partial charge in [-0.15, -0.1) is 11.3 Å². The number of benzene rings is 2. The normalized spacial score (nSPS) is 18.5. The van der Waals surface area contributed by atoms with Gasteiger partial charge >= 0.3 is 0 Å². The van der Waals surface area contributed by atoms with Crippen molar-refractivity contribution in [2.24, 2.45) is 5.73 Å². The number of thiophene rings is 1. The van der Waals surface area contributed by atoms with Gasteiger partial charge in [0.05, 0.1) is 4.88 Å². The van der Waals surface area contributed by atoms with Crippen LogP contribution in [-0.4, -0.2) is 27.9 Å². The van der Waals surface area contributed by atoms with Crippen LogP contribution in [-0.2, 0) is 6.54 Å². The van der Waals surface area contributed by atoms with E-state index < -0.39 is 0 Å². The molecule has 0 saturated heterocycles. The number of amides is 1. The molecule has 0 unspecified atom stereocenters. The lowest BCUT2D eigenvalue weighted by Crippen LogP contribution is -2.43. The molecule has 0 atom stereocenters. The molecule has 1 amide bonds. The Morgan fingerprint density at radius 2 is 1.75 bits per heavy atom. The molecule has 1 aliphatic rings.